The molecule has 0 unspecified atom stereocenters. The molecule has 0 fully saturated rings. The number of hydrogen-bond donors (Lipinski definition) is 1. The van der Waals surface area contributed by atoms with Crippen molar-refractivity contribution < 1.29 is 17.9 Å². The monoisotopic (exact) mass is 297 g/mol. The molecule has 2 nitrogen and oxygen atoms in total. The molecule has 0 amide bonds. The van der Waals surface area contributed by atoms with Crippen LogP contribution in [0.1, 0.15) is 25.0 Å². The first-order valence-corrected chi connectivity index (χ1v) is 6.65. The molecule has 0 atom stereocenters. The highest BCUT2D eigenvalue weighted by Gasteiger charge is 2.31. The molecule has 0 bridgehead atoms. The lowest BCUT2D eigenvalue weighted by Gasteiger charge is -2.24. The maximum Gasteiger partial charge on any atom is 0.416 e. The Morgan fingerprint density at radius 3 is 2.62 bits per heavy atom. The first-order chi connectivity index (χ1) is 9.73. The van der Waals surface area contributed by atoms with Crippen LogP contribution < -0.4 is 0 Å². The average Bonchev–Trinajstić information content (AvgIpc) is 2.77. The Balaban J connectivity index is 2.34. The second kappa shape index (κ2) is 5.56. The Bertz CT molecular complexity index is 640. The highest BCUT2D eigenvalue weighted by Crippen LogP contribution is 2.33. The van der Waals surface area contributed by atoms with Crippen molar-refractivity contribution >= 4 is 10.9 Å². The Hall–Kier alpha value is -1.75. The Morgan fingerprint density at radius 2 is 2.00 bits per heavy atom. The highest BCUT2D eigenvalue weighted by molar-refractivity contribution is 5.84. The molecule has 1 heterocycles. The number of alkyl halides is 3. The standard InChI is InChI=1S/C16H18F3NO/c1-4-7-21-15(2,3)9-11-10-20-14-6-5-12(8-13(11)14)16(17,18)19/h4-6,8,10,20H,1,7,9H2,2-3H3. The normalized spacial score (nSPS) is 12.8. The van der Waals surface area contributed by atoms with E-state index in [1.165, 1.54) is 12.1 Å². The first kappa shape index (κ1) is 15.6. The van der Waals surface area contributed by atoms with Gasteiger partial charge in [0.05, 0.1) is 17.8 Å². The van der Waals surface area contributed by atoms with Crippen LogP contribution in [-0.4, -0.2) is 17.2 Å². The van der Waals surface area contributed by atoms with E-state index in [1.54, 1.807) is 12.3 Å². The average molecular weight is 297 g/mol. The number of hydrogen-bond acceptors (Lipinski definition) is 1. The van der Waals surface area contributed by atoms with Gasteiger partial charge in [0, 0.05) is 23.5 Å². The molecule has 0 saturated carbocycles. The van der Waals surface area contributed by atoms with Gasteiger partial charge in [-0.05, 0) is 37.6 Å². The number of nitrogens with one attached hydrogen (secondary N) is 1. The lowest BCUT2D eigenvalue weighted by Crippen LogP contribution is -2.27. The molecule has 1 aromatic heterocycles. The summed E-state index contributed by atoms with van der Waals surface area (Å²) in [5.74, 6) is 0. The van der Waals surface area contributed by atoms with Crippen LogP contribution in [0.5, 0.6) is 0 Å². The summed E-state index contributed by atoms with van der Waals surface area (Å²) < 4.78 is 44.1. The van der Waals surface area contributed by atoms with E-state index in [0.717, 1.165) is 11.6 Å². The number of H-pyrrole nitrogens is 1. The molecule has 0 radical (unpaired) electrons. The van der Waals surface area contributed by atoms with Gasteiger partial charge in [-0.15, -0.1) is 6.58 Å². The zero-order chi connectivity index (χ0) is 15.7. The maximum atomic E-state index is 12.8. The predicted molar refractivity (Wildman–Crippen MR) is 77.2 cm³/mol. The number of rotatable bonds is 5. The molecule has 114 valence electrons. The molecule has 1 N–H and O–H groups in total. The molecule has 1 aromatic carbocycles. The summed E-state index contributed by atoms with van der Waals surface area (Å²) in [6, 6.07) is 3.73. The van der Waals surface area contributed by atoms with Crippen LogP contribution in [0.25, 0.3) is 10.9 Å². The SMILES string of the molecule is C=CCOC(C)(C)Cc1c[nH]c2ccc(C(F)(F)F)cc12. The summed E-state index contributed by atoms with van der Waals surface area (Å²) in [6.45, 7) is 7.81. The van der Waals surface area contributed by atoms with Gasteiger partial charge < -0.3 is 9.72 Å². The number of benzene rings is 1. The summed E-state index contributed by atoms with van der Waals surface area (Å²) in [6.07, 6.45) is -0.428. The lowest BCUT2D eigenvalue weighted by molar-refractivity contribution is -0.137. The van der Waals surface area contributed by atoms with E-state index in [0.29, 0.717) is 23.9 Å². The van der Waals surface area contributed by atoms with Crippen LogP contribution in [0.3, 0.4) is 0 Å². The molecule has 2 rings (SSSR count). The molecular formula is C16H18F3NO. The van der Waals surface area contributed by atoms with Gasteiger partial charge in [0.2, 0.25) is 0 Å². The van der Waals surface area contributed by atoms with Gasteiger partial charge in [0.1, 0.15) is 0 Å². The molecule has 0 saturated heterocycles. The zero-order valence-corrected chi connectivity index (χ0v) is 12.1. The van der Waals surface area contributed by atoms with Gasteiger partial charge in [0.15, 0.2) is 0 Å². The van der Waals surface area contributed by atoms with Crippen molar-refractivity contribution in [1.82, 2.24) is 4.98 Å². The fourth-order valence-corrected chi connectivity index (χ4v) is 2.30. The second-order valence-corrected chi connectivity index (χ2v) is 5.61. The summed E-state index contributed by atoms with van der Waals surface area (Å²) in [5, 5.41) is 0.583. The maximum absolute atomic E-state index is 12.8. The van der Waals surface area contributed by atoms with Gasteiger partial charge in [0.25, 0.3) is 0 Å². The molecule has 21 heavy (non-hydrogen) atoms. The third kappa shape index (κ3) is 3.67. The molecule has 0 aliphatic rings. The second-order valence-electron chi connectivity index (χ2n) is 5.61. The van der Waals surface area contributed by atoms with Crippen LogP contribution >= 0.6 is 0 Å². The van der Waals surface area contributed by atoms with Gasteiger partial charge in [-0.1, -0.05) is 6.08 Å². The number of fused-ring (bicyclic) bond motifs is 1. The minimum atomic E-state index is -4.34. The third-order valence-electron chi connectivity index (χ3n) is 3.30. The van der Waals surface area contributed by atoms with Crippen molar-refractivity contribution in [3.05, 3.63) is 48.2 Å². The number of aromatic nitrogens is 1. The van der Waals surface area contributed by atoms with Crippen molar-refractivity contribution in [3.8, 4) is 0 Å². The van der Waals surface area contributed by atoms with Crippen molar-refractivity contribution in [2.45, 2.75) is 32.0 Å². The molecule has 0 spiro atoms. The van der Waals surface area contributed by atoms with Crippen molar-refractivity contribution in [1.29, 1.82) is 0 Å². The van der Waals surface area contributed by atoms with E-state index in [-0.39, 0.29) is 0 Å². The number of ether oxygens (including phenoxy) is 1. The quantitative estimate of drug-likeness (QED) is 0.794. The molecular weight excluding hydrogens is 279 g/mol. The fraction of sp³-hybridized carbons (Fsp3) is 0.375. The largest absolute Gasteiger partial charge is 0.416 e. The molecule has 5 heteroatoms. The first-order valence-electron chi connectivity index (χ1n) is 6.65. The zero-order valence-electron chi connectivity index (χ0n) is 12.1. The molecule has 0 aliphatic carbocycles. The van der Waals surface area contributed by atoms with E-state index in [4.69, 9.17) is 4.74 Å². The van der Waals surface area contributed by atoms with Crippen molar-refractivity contribution in [2.75, 3.05) is 6.61 Å². The van der Waals surface area contributed by atoms with E-state index in [2.05, 4.69) is 11.6 Å². The van der Waals surface area contributed by atoms with Gasteiger partial charge in [-0.3, -0.25) is 0 Å². The summed E-state index contributed by atoms with van der Waals surface area (Å²) in [7, 11) is 0. The van der Waals surface area contributed by atoms with E-state index in [9.17, 15) is 13.2 Å². The van der Waals surface area contributed by atoms with E-state index >= 15 is 0 Å². The summed E-state index contributed by atoms with van der Waals surface area (Å²) in [4.78, 5) is 3.00. The lowest BCUT2D eigenvalue weighted by atomic mass is 9.97. The minimum Gasteiger partial charge on any atom is -0.371 e. The number of aromatic amines is 1. The predicted octanol–water partition coefficient (Wildman–Crippen LogP) is 4.71. The summed E-state index contributed by atoms with van der Waals surface area (Å²) >= 11 is 0. The van der Waals surface area contributed by atoms with Crippen LogP contribution in [0, 0.1) is 0 Å². The van der Waals surface area contributed by atoms with Crippen LogP contribution in [0.2, 0.25) is 0 Å². The Kier molecular flexibility index (Phi) is 4.14. The summed E-state index contributed by atoms with van der Waals surface area (Å²) in [5.41, 5.74) is 0.390. The Labute approximate surface area is 121 Å². The highest BCUT2D eigenvalue weighted by atomic mass is 19.4. The van der Waals surface area contributed by atoms with Crippen LogP contribution in [-0.2, 0) is 17.3 Å². The molecule has 2 aromatic rings. The van der Waals surface area contributed by atoms with E-state index < -0.39 is 17.3 Å². The number of halogens is 3. The molecule has 0 aliphatic heterocycles. The van der Waals surface area contributed by atoms with Crippen LogP contribution in [0.15, 0.2) is 37.1 Å². The van der Waals surface area contributed by atoms with Crippen molar-refractivity contribution in [3.63, 3.8) is 0 Å². The minimum absolute atomic E-state index is 0.406. The third-order valence-corrected chi connectivity index (χ3v) is 3.30. The van der Waals surface area contributed by atoms with E-state index in [1.807, 2.05) is 13.8 Å². The van der Waals surface area contributed by atoms with Gasteiger partial charge in [-0.25, -0.2) is 0 Å². The van der Waals surface area contributed by atoms with Gasteiger partial charge >= 0.3 is 6.18 Å². The van der Waals surface area contributed by atoms with Crippen LogP contribution in [0.4, 0.5) is 13.2 Å². The van der Waals surface area contributed by atoms with Crippen molar-refractivity contribution in [2.24, 2.45) is 0 Å². The topological polar surface area (TPSA) is 25.0 Å². The smallest absolute Gasteiger partial charge is 0.371 e. The fourth-order valence-electron chi connectivity index (χ4n) is 2.30. The van der Waals surface area contributed by atoms with Gasteiger partial charge in [-0.2, -0.15) is 13.2 Å². The Morgan fingerprint density at radius 1 is 1.29 bits per heavy atom.